The number of nitro benzene ring substituents is 1. The van der Waals surface area contributed by atoms with Crippen LogP contribution in [0.3, 0.4) is 0 Å². The lowest BCUT2D eigenvalue weighted by molar-refractivity contribution is -0.385. The Labute approximate surface area is 115 Å². The molecular formula is C11H5BrClNO4. The number of furan rings is 1. The second-order valence-electron chi connectivity index (χ2n) is 3.37. The molecule has 0 saturated heterocycles. The van der Waals surface area contributed by atoms with Crippen LogP contribution in [0, 0.1) is 10.1 Å². The topological polar surface area (TPSA) is 73.3 Å². The maximum atomic E-state index is 10.8. The molecule has 0 amide bonds. The first-order valence-corrected chi connectivity index (χ1v) is 5.89. The van der Waals surface area contributed by atoms with E-state index < -0.39 is 4.92 Å². The number of carbonyl (C=O) groups excluding carboxylic acids is 1. The zero-order chi connectivity index (χ0) is 13.3. The number of halogens is 2. The number of benzene rings is 1. The van der Waals surface area contributed by atoms with Crippen LogP contribution in [0.1, 0.15) is 10.6 Å². The molecule has 1 heterocycles. The van der Waals surface area contributed by atoms with Gasteiger partial charge in [-0.25, -0.2) is 0 Å². The molecule has 0 fully saturated rings. The van der Waals surface area contributed by atoms with Crippen LogP contribution in [0.15, 0.2) is 33.2 Å². The molecule has 2 rings (SSSR count). The normalized spacial score (nSPS) is 10.3. The predicted molar refractivity (Wildman–Crippen MR) is 68.9 cm³/mol. The number of carbonyl (C=O) groups is 1. The van der Waals surface area contributed by atoms with Gasteiger partial charge in [-0.2, -0.15) is 0 Å². The lowest BCUT2D eigenvalue weighted by Gasteiger charge is -2.02. The molecule has 2 aromatic rings. The molecule has 18 heavy (non-hydrogen) atoms. The van der Waals surface area contributed by atoms with E-state index in [9.17, 15) is 14.9 Å². The van der Waals surface area contributed by atoms with Gasteiger partial charge < -0.3 is 4.42 Å². The Kier molecular flexibility index (Phi) is 3.49. The van der Waals surface area contributed by atoms with Gasteiger partial charge in [0.2, 0.25) is 0 Å². The summed E-state index contributed by atoms with van der Waals surface area (Å²) in [6.45, 7) is 0. The van der Waals surface area contributed by atoms with E-state index in [1.165, 1.54) is 18.2 Å². The number of rotatable bonds is 3. The van der Waals surface area contributed by atoms with E-state index in [1.54, 1.807) is 6.07 Å². The fraction of sp³-hybridized carbons (Fsp3) is 0. The minimum Gasteiger partial charge on any atom is -0.453 e. The third-order valence-corrected chi connectivity index (χ3v) is 3.59. The summed E-state index contributed by atoms with van der Waals surface area (Å²) in [5, 5.41) is 11.0. The van der Waals surface area contributed by atoms with Crippen molar-refractivity contribution in [3.8, 4) is 11.3 Å². The van der Waals surface area contributed by atoms with Gasteiger partial charge in [0.05, 0.1) is 9.95 Å². The van der Waals surface area contributed by atoms with E-state index in [0.717, 1.165) is 0 Å². The summed E-state index contributed by atoms with van der Waals surface area (Å²) in [4.78, 5) is 20.8. The molecule has 0 bridgehead atoms. The first-order valence-electron chi connectivity index (χ1n) is 4.71. The summed E-state index contributed by atoms with van der Waals surface area (Å²) in [7, 11) is 0. The van der Waals surface area contributed by atoms with Gasteiger partial charge in [-0.15, -0.1) is 0 Å². The van der Waals surface area contributed by atoms with Crippen LogP contribution < -0.4 is 0 Å². The molecule has 0 unspecified atom stereocenters. The van der Waals surface area contributed by atoms with Crippen LogP contribution in [-0.4, -0.2) is 11.2 Å². The molecular weight excluding hydrogens is 325 g/mol. The third kappa shape index (κ3) is 2.30. The Hall–Kier alpha value is -1.66. The van der Waals surface area contributed by atoms with Gasteiger partial charge in [0.15, 0.2) is 12.0 Å². The number of nitrogens with zero attached hydrogens (tertiary/aromatic N) is 1. The van der Waals surface area contributed by atoms with Crippen molar-refractivity contribution in [1.29, 1.82) is 0 Å². The fourth-order valence-corrected chi connectivity index (χ4v) is 2.01. The SMILES string of the molecule is O=Cc1ccc(-c2cc(Cl)c(Br)c([N+](=O)[O-])c2)o1. The van der Waals surface area contributed by atoms with E-state index >= 15 is 0 Å². The minimum absolute atomic E-state index is 0.145. The standard InChI is InChI=1S/C11H5BrClNO4/c12-11-8(13)3-6(4-9(11)14(16)17)10-2-1-7(5-15)18-10/h1-5H. The molecule has 92 valence electrons. The van der Waals surface area contributed by atoms with Gasteiger partial charge in [0.1, 0.15) is 10.2 Å². The summed E-state index contributed by atoms with van der Waals surface area (Å²) >= 11 is 8.94. The van der Waals surface area contributed by atoms with Gasteiger partial charge in [0, 0.05) is 11.6 Å². The number of aldehydes is 1. The minimum atomic E-state index is -0.553. The molecule has 1 aromatic carbocycles. The highest BCUT2D eigenvalue weighted by atomic mass is 79.9. The zero-order valence-corrected chi connectivity index (χ0v) is 11.1. The van der Waals surface area contributed by atoms with E-state index in [0.29, 0.717) is 17.6 Å². The lowest BCUT2D eigenvalue weighted by Crippen LogP contribution is -1.91. The molecule has 0 N–H and O–H groups in total. The number of nitro groups is 1. The van der Waals surface area contributed by atoms with Crippen molar-refractivity contribution in [2.75, 3.05) is 0 Å². The summed E-state index contributed by atoms with van der Waals surface area (Å²) in [6, 6.07) is 5.87. The molecule has 0 aliphatic carbocycles. The number of hydrogen-bond donors (Lipinski definition) is 0. The van der Waals surface area contributed by atoms with E-state index in [2.05, 4.69) is 15.9 Å². The second kappa shape index (κ2) is 4.91. The van der Waals surface area contributed by atoms with Gasteiger partial charge in [0.25, 0.3) is 5.69 Å². The Morgan fingerprint density at radius 1 is 1.39 bits per heavy atom. The quantitative estimate of drug-likeness (QED) is 0.483. The molecule has 1 aromatic heterocycles. The van der Waals surface area contributed by atoms with Crippen LogP contribution in [0.25, 0.3) is 11.3 Å². The van der Waals surface area contributed by atoms with Crippen molar-refractivity contribution in [1.82, 2.24) is 0 Å². The van der Waals surface area contributed by atoms with Gasteiger partial charge in [-0.05, 0) is 34.1 Å². The lowest BCUT2D eigenvalue weighted by atomic mass is 10.1. The Morgan fingerprint density at radius 2 is 2.11 bits per heavy atom. The molecule has 0 aliphatic rings. The number of hydrogen-bond acceptors (Lipinski definition) is 4. The van der Waals surface area contributed by atoms with Crippen molar-refractivity contribution < 1.29 is 14.1 Å². The van der Waals surface area contributed by atoms with Crippen molar-refractivity contribution in [3.63, 3.8) is 0 Å². The van der Waals surface area contributed by atoms with Crippen LogP contribution in [0.5, 0.6) is 0 Å². The first-order chi connectivity index (χ1) is 8.52. The highest BCUT2D eigenvalue weighted by Crippen LogP contribution is 2.37. The monoisotopic (exact) mass is 329 g/mol. The maximum absolute atomic E-state index is 10.8. The smallest absolute Gasteiger partial charge is 0.285 e. The highest BCUT2D eigenvalue weighted by molar-refractivity contribution is 9.10. The van der Waals surface area contributed by atoms with Crippen LogP contribution in [0.2, 0.25) is 5.02 Å². The average Bonchev–Trinajstić information content (AvgIpc) is 2.80. The molecule has 5 nitrogen and oxygen atoms in total. The van der Waals surface area contributed by atoms with Crippen molar-refractivity contribution in [2.45, 2.75) is 0 Å². The summed E-state index contributed by atoms with van der Waals surface area (Å²) in [6.07, 6.45) is 0.554. The largest absolute Gasteiger partial charge is 0.453 e. The zero-order valence-electron chi connectivity index (χ0n) is 8.72. The predicted octanol–water partition coefficient (Wildman–Crippen LogP) is 4.08. The van der Waals surface area contributed by atoms with Gasteiger partial charge in [-0.3, -0.25) is 14.9 Å². The van der Waals surface area contributed by atoms with Crippen molar-refractivity contribution >= 4 is 39.5 Å². The maximum Gasteiger partial charge on any atom is 0.285 e. The van der Waals surface area contributed by atoms with Crippen LogP contribution in [0.4, 0.5) is 5.69 Å². The highest BCUT2D eigenvalue weighted by Gasteiger charge is 2.18. The fourth-order valence-electron chi connectivity index (χ4n) is 1.42. The van der Waals surface area contributed by atoms with Gasteiger partial charge in [-0.1, -0.05) is 11.6 Å². The molecule has 0 saturated carbocycles. The van der Waals surface area contributed by atoms with E-state index in [1.807, 2.05) is 0 Å². The Morgan fingerprint density at radius 3 is 2.67 bits per heavy atom. The Bertz CT molecular complexity index is 638. The van der Waals surface area contributed by atoms with Gasteiger partial charge >= 0.3 is 0 Å². The summed E-state index contributed by atoms with van der Waals surface area (Å²) < 4.78 is 5.39. The molecule has 0 spiro atoms. The third-order valence-electron chi connectivity index (χ3n) is 2.23. The van der Waals surface area contributed by atoms with E-state index in [-0.39, 0.29) is 20.9 Å². The average molecular weight is 331 g/mol. The first kappa shape index (κ1) is 12.8. The Balaban J connectivity index is 2.58. The second-order valence-corrected chi connectivity index (χ2v) is 4.57. The molecule has 0 atom stereocenters. The van der Waals surface area contributed by atoms with Crippen LogP contribution in [-0.2, 0) is 0 Å². The molecule has 0 radical (unpaired) electrons. The summed E-state index contributed by atoms with van der Waals surface area (Å²) in [5.74, 6) is 0.487. The summed E-state index contributed by atoms with van der Waals surface area (Å²) in [5.41, 5.74) is 0.268. The van der Waals surface area contributed by atoms with Crippen molar-refractivity contribution in [3.05, 3.63) is 49.6 Å². The van der Waals surface area contributed by atoms with Crippen molar-refractivity contribution in [2.24, 2.45) is 0 Å². The molecule has 0 aliphatic heterocycles. The molecule has 7 heteroatoms. The van der Waals surface area contributed by atoms with E-state index in [4.69, 9.17) is 16.0 Å². The van der Waals surface area contributed by atoms with Crippen LogP contribution >= 0.6 is 27.5 Å².